The molecule has 9 heteroatoms. The number of benzene rings is 2. The molecule has 0 aromatic heterocycles. The number of hydrogen-bond acceptors (Lipinski definition) is 5. The zero-order valence-electron chi connectivity index (χ0n) is 14.8. The predicted octanol–water partition coefficient (Wildman–Crippen LogP) is 2.92. The molecule has 0 spiro atoms. The highest BCUT2D eigenvalue weighted by atomic mass is 35.5. The lowest BCUT2D eigenvalue weighted by molar-refractivity contribution is -0.114. The Morgan fingerprint density at radius 1 is 1.07 bits per heavy atom. The fourth-order valence-corrected chi connectivity index (χ4v) is 3.22. The van der Waals surface area contributed by atoms with Gasteiger partial charge in [0.1, 0.15) is 6.54 Å². The number of carbonyl (C=O) groups excluding carboxylic acids is 2. The maximum atomic E-state index is 12.3. The van der Waals surface area contributed by atoms with E-state index in [0.29, 0.717) is 22.0 Å². The summed E-state index contributed by atoms with van der Waals surface area (Å²) in [5, 5.41) is 3.06. The number of amides is 1. The summed E-state index contributed by atoms with van der Waals surface area (Å²) < 4.78 is 30.0. The highest BCUT2D eigenvalue weighted by molar-refractivity contribution is 7.92. The Morgan fingerprint density at radius 3 is 2.19 bits per heavy atom. The van der Waals surface area contributed by atoms with Crippen LogP contribution in [0, 0.1) is 0 Å². The van der Waals surface area contributed by atoms with E-state index in [2.05, 4.69) is 5.32 Å². The van der Waals surface area contributed by atoms with E-state index in [-0.39, 0.29) is 6.61 Å². The molecule has 0 heterocycles. The van der Waals surface area contributed by atoms with Crippen molar-refractivity contribution in [1.82, 2.24) is 0 Å². The Labute approximate surface area is 162 Å². The van der Waals surface area contributed by atoms with E-state index in [1.165, 1.54) is 36.4 Å². The summed E-state index contributed by atoms with van der Waals surface area (Å²) >= 11 is 5.82. The molecule has 0 bridgehead atoms. The highest BCUT2D eigenvalue weighted by Crippen LogP contribution is 2.20. The minimum absolute atomic E-state index is 0.267. The molecule has 144 valence electrons. The zero-order chi connectivity index (χ0) is 20.0. The number of sulfonamides is 1. The van der Waals surface area contributed by atoms with E-state index >= 15 is 0 Å². The maximum absolute atomic E-state index is 12.3. The van der Waals surface area contributed by atoms with Gasteiger partial charge in [-0.15, -0.1) is 0 Å². The molecular weight excluding hydrogens is 392 g/mol. The predicted molar refractivity (Wildman–Crippen MR) is 105 cm³/mol. The summed E-state index contributed by atoms with van der Waals surface area (Å²) in [7, 11) is -3.67. The van der Waals surface area contributed by atoms with Crippen LogP contribution in [0.25, 0.3) is 0 Å². The van der Waals surface area contributed by atoms with Crippen LogP contribution in [0.2, 0.25) is 5.02 Å². The smallest absolute Gasteiger partial charge is 0.338 e. The first-order chi connectivity index (χ1) is 12.7. The molecule has 2 aromatic carbocycles. The van der Waals surface area contributed by atoms with Crippen LogP contribution < -0.4 is 9.62 Å². The van der Waals surface area contributed by atoms with Crippen molar-refractivity contribution >= 4 is 44.9 Å². The Kier molecular flexibility index (Phi) is 6.81. The maximum Gasteiger partial charge on any atom is 0.338 e. The van der Waals surface area contributed by atoms with Crippen LogP contribution in [0.15, 0.2) is 48.5 Å². The molecule has 7 nitrogen and oxygen atoms in total. The lowest BCUT2D eigenvalue weighted by atomic mass is 10.2. The van der Waals surface area contributed by atoms with E-state index in [0.717, 1.165) is 10.6 Å². The third kappa shape index (κ3) is 5.97. The number of anilines is 2. The van der Waals surface area contributed by atoms with Gasteiger partial charge in [-0.05, 0) is 55.5 Å². The molecule has 0 saturated heterocycles. The summed E-state index contributed by atoms with van der Waals surface area (Å²) in [6.45, 7) is 1.57. The Morgan fingerprint density at radius 2 is 1.67 bits per heavy atom. The van der Waals surface area contributed by atoms with E-state index in [1.54, 1.807) is 19.1 Å². The molecule has 1 N–H and O–H groups in total. The van der Waals surface area contributed by atoms with Gasteiger partial charge in [-0.2, -0.15) is 0 Å². The van der Waals surface area contributed by atoms with Gasteiger partial charge in [0.2, 0.25) is 15.9 Å². The molecule has 1 amide bonds. The van der Waals surface area contributed by atoms with Crippen LogP contribution in [0.1, 0.15) is 17.3 Å². The summed E-state index contributed by atoms with van der Waals surface area (Å²) in [6.07, 6.45) is 1.02. The number of nitrogens with one attached hydrogen (secondary N) is 1. The lowest BCUT2D eigenvalue weighted by Gasteiger charge is -2.22. The molecule has 0 aliphatic carbocycles. The van der Waals surface area contributed by atoms with Crippen molar-refractivity contribution in [3.8, 4) is 0 Å². The average molecular weight is 411 g/mol. The third-order valence-electron chi connectivity index (χ3n) is 3.48. The molecule has 0 radical (unpaired) electrons. The zero-order valence-corrected chi connectivity index (χ0v) is 16.4. The summed E-state index contributed by atoms with van der Waals surface area (Å²) in [5.41, 5.74) is 1.11. The Balaban J connectivity index is 2.10. The molecule has 2 rings (SSSR count). The number of hydrogen-bond donors (Lipinski definition) is 1. The van der Waals surface area contributed by atoms with E-state index in [9.17, 15) is 18.0 Å². The number of esters is 1. The van der Waals surface area contributed by atoms with Crippen molar-refractivity contribution in [2.75, 3.05) is 29.0 Å². The summed E-state index contributed by atoms with van der Waals surface area (Å²) in [5.74, 6) is -0.986. The third-order valence-corrected chi connectivity index (χ3v) is 4.87. The number of rotatable bonds is 7. The molecule has 0 aliphatic rings. The van der Waals surface area contributed by atoms with Gasteiger partial charge in [0.25, 0.3) is 0 Å². The van der Waals surface area contributed by atoms with Crippen LogP contribution in [-0.2, 0) is 19.6 Å². The van der Waals surface area contributed by atoms with Crippen molar-refractivity contribution in [1.29, 1.82) is 0 Å². The van der Waals surface area contributed by atoms with Crippen molar-refractivity contribution in [2.45, 2.75) is 6.92 Å². The van der Waals surface area contributed by atoms with Crippen LogP contribution in [0.3, 0.4) is 0 Å². The quantitative estimate of drug-likeness (QED) is 0.708. The second-order valence-electron chi connectivity index (χ2n) is 5.59. The van der Waals surface area contributed by atoms with Crippen LogP contribution in [0.4, 0.5) is 11.4 Å². The number of nitrogens with zero attached hydrogens (tertiary/aromatic N) is 1. The fraction of sp³-hybridized carbons (Fsp3) is 0.222. The molecule has 0 unspecified atom stereocenters. The van der Waals surface area contributed by atoms with Crippen LogP contribution >= 0.6 is 11.6 Å². The molecule has 0 aliphatic heterocycles. The highest BCUT2D eigenvalue weighted by Gasteiger charge is 2.21. The Hall–Kier alpha value is -2.58. The first-order valence-corrected chi connectivity index (χ1v) is 10.2. The van der Waals surface area contributed by atoms with Gasteiger partial charge in [0, 0.05) is 10.7 Å². The second kappa shape index (κ2) is 8.88. The van der Waals surface area contributed by atoms with E-state index in [4.69, 9.17) is 16.3 Å². The van der Waals surface area contributed by atoms with Gasteiger partial charge in [-0.25, -0.2) is 13.2 Å². The van der Waals surface area contributed by atoms with Crippen molar-refractivity contribution in [2.24, 2.45) is 0 Å². The standard InChI is InChI=1S/C18H19ClN2O5S/c1-3-26-18(23)13-4-8-15(9-5-13)20-17(22)12-21(27(2,24)25)16-10-6-14(19)7-11-16/h4-11H,3,12H2,1-2H3,(H,20,22). The molecule has 0 atom stereocenters. The fourth-order valence-electron chi connectivity index (χ4n) is 2.24. The normalized spacial score (nSPS) is 10.9. The van der Waals surface area contributed by atoms with Gasteiger partial charge < -0.3 is 10.1 Å². The van der Waals surface area contributed by atoms with Crippen LogP contribution in [-0.4, -0.2) is 39.7 Å². The monoisotopic (exact) mass is 410 g/mol. The summed E-state index contributed by atoms with van der Waals surface area (Å²) in [4.78, 5) is 23.9. The first kappa shape index (κ1) is 20.7. The van der Waals surface area contributed by atoms with Gasteiger partial charge in [-0.1, -0.05) is 11.6 Å². The average Bonchev–Trinajstić information content (AvgIpc) is 2.60. The second-order valence-corrected chi connectivity index (χ2v) is 7.94. The van der Waals surface area contributed by atoms with E-state index in [1.807, 2.05) is 0 Å². The van der Waals surface area contributed by atoms with E-state index < -0.39 is 28.4 Å². The topological polar surface area (TPSA) is 92.8 Å². The molecule has 0 fully saturated rings. The number of ether oxygens (including phenoxy) is 1. The number of carbonyl (C=O) groups is 2. The largest absolute Gasteiger partial charge is 0.462 e. The SMILES string of the molecule is CCOC(=O)c1ccc(NC(=O)CN(c2ccc(Cl)cc2)S(C)(=O)=O)cc1. The van der Waals surface area contributed by atoms with Gasteiger partial charge >= 0.3 is 5.97 Å². The minimum atomic E-state index is -3.67. The summed E-state index contributed by atoms with van der Waals surface area (Å²) in [6, 6.07) is 12.2. The lowest BCUT2D eigenvalue weighted by Crippen LogP contribution is -2.37. The molecule has 2 aromatic rings. The minimum Gasteiger partial charge on any atom is -0.462 e. The van der Waals surface area contributed by atoms with Crippen molar-refractivity contribution < 1.29 is 22.7 Å². The van der Waals surface area contributed by atoms with Crippen molar-refractivity contribution in [3.63, 3.8) is 0 Å². The first-order valence-electron chi connectivity index (χ1n) is 8.01. The molecule has 0 saturated carbocycles. The van der Waals surface area contributed by atoms with Crippen LogP contribution in [0.5, 0.6) is 0 Å². The van der Waals surface area contributed by atoms with Gasteiger partial charge in [-0.3, -0.25) is 9.10 Å². The molecule has 27 heavy (non-hydrogen) atoms. The number of halogens is 1. The van der Waals surface area contributed by atoms with Gasteiger partial charge in [0.05, 0.1) is 24.1 Å². The Bertz CT molecular complexity index is 912. The van der Waals surface area contributed by atoms with Gasteiger partial charge in [0.15, 0.2) is 0 Å². The molecular formula is C18H19ClN2O5S. The van der Waals surface area contributed by atoms with Crippen molar-refractivity contribution in [3.05, 3.63) is 59.1 Å².